The van der Waals surface area contributed by atoms with E-state index in [-0.39, 0.29) is 0 Å². The highest BCUT2D eigenvalue weighted by Gasteiger charge is 2.31. The van der Waals surface area contributed by atoms with Crippen molar-refractivity contribution in [3.05, 3.63) is 29.6 Å². The van der Waals surface area contributed by atoms with E-state index in [1.165, 1.54) is 57.1 Å². The smallest absolute Gasteiger partial charge is 0.0372 e. The Labute approximate surface area is 128 Å². The molecule has 0 bridgehead atoms. The zero-order valence-electron chi connectivity index (χ0n) is 13.3. The first-order valence-corrected chi connectivity index (χ1v) is 8.71. The molecule has 3 rings (SSSR count). The maximum absolute atomic E-state index is 4.40. The van der Waals surface area contributed by atoms with E-state index in [0.717, 1.165) is 24.2 Å². The lowest BCUT2D eigenvalue weighted by atomic mass is 9.77. The molecule has 2 aliphatic rings. The molecule has 3 heteroatoms. The van der Waals surface area contributed by atoms with E-state index in [2.05, 4.69) is 27.8 Å². The Morgan fingerprint density at radius 1 is 1.14 bits per heavy atom. The standard InChI is InChI=1S/C18H29N3/c1-14-9-10-15(12-20-14)13-21-18-7-3-2-6-16(18)17-8-4-5-11-19-17/h9-10,12,16-19,21H,2-8,11,13H2,1H3. The van der Waals surface area contributed by atoms with Crippen molar-refractivity contribution in [2.24, 2.45) is 5.92 Å². The van der Waals surface area contributed by atoms with Crippen LogP contribution in [0.3, 0.4) is 0 Å². The Morgan fingerprint density at radius 3 is 2.76 bits per heavy atom. The monoisotopic (exact) mass is 287 g/mol. The number of nitrogens with one attached hydrogen (secondary N) is 2. The predicted octanol–water partition coefficient (Wildman–Crippen LogP) is 3.18. The second-order valence-electron chi connectivity index (χ2n) is 6.80. The van der Waals surface area contributed by atoms with Crippen molar-refractivity contribution in [2.75, 3.05) is 6.54 Å². The minimum absolute atomic E-state index is 0.677. The van der Waals surface area contributed by atoms with Crippen LogP contribution in [-0.2, 0) is 6.54 Å². The largest absolute Gasteiger partial charge is 0.314 e. The maximum Gasteiger partial charge on any atom is 0.0372 e. The average molecular weight is 287 g/mol. The summed E-state index contributed by atoms with van der Waals surface area (Å²) in [6, 6.07) is 5.73. The third-order valence-electron chi connectivity index (χ3n) is 5.23. The van der Waals surface area contributed by atoms with Gasteiger partial charge in [-0.05, 0) is 56.7 Å². The van der Waals surface area contributed by atoms with Gasteiger partial charge in [0, 0.05) is 30.5 Å². The third kappa shape index (κ3) is 4.04. The molecule has 2 N–H and O–H groups in total. The van der Waals surface area contributed by atoms with Gasteiger partial charge in [-0.2, -0.15) is 0 Å². The van der Waals surface area contributed by atoms with Crippen molar-refractivity contribution in [1.82, 2.24) is 15.6 Å². The molecule has 1 aliphatic heterocycles. The molecule has 2 heterocycles. The van der Waals surface area contributed by atoms with Gasteiger partial charge in [0.15, 0.2) is 0 Å². The molecule has 0 radical (unpaired) electrons. The molecule has 1 saturated heterocycles. The molecular weight excluding hydrogens is 258 g/mol. The van der Waals surface area contributed by atoms with Crippen molar-refractivity contribution in [3.8, 4) is 0 Å². The van der Waals surface area contributed by atoms with Gasteiger partial charge in [0.1, 0.15) is 0 Å². The van der Waals surface area contributed by atoms with Crippen molar-refractivity contribution in [1.29, 1.82) is 0 Å². The summed E-state index contributed by atoms with van der Waals surface area (Å²) >= 11 is 0. The average Bonchev–Trinajstić information content (AvgIpc) is 2.55. The second kappa shape index (κ2) is 7.37. The fourth-order valence-corrected chi connectivity index (χ4v) is 3.99. The molecule has 0 aromatic carbocycles. The lowest BCUT2D eigenvalue weighted by molar-refractivity contribution is 0.181. The number of piperidine rings is 1. The van der Waals surface area contributed by atoms with E-state index in [1.54, 1.807) is 0 Å². The van der Waals surface area contributed by atoms with Gasteiger partial charge >= 0.3 is 0 Å². The van der Waals surface area contributed by atoms with E-state index in [1.807, 2.05) is 13.1 Å². The van der Waals surface area contributed by atoms with Crippen molar-refractivity contribution in [2.45, 2.75) is 70.5 Å². The molecule has 3 atom stereocenters. The number of hydrogen-bond acceptors (Lipinski definition) is 3. The van der Waals surface area contributed by atoms with Crippen LogP contribution in [0.1, 0.15) is 56.2 Å². The number of rotatable bonds is 4. The normalized spacial score (nSPS) is 30.2. The van der Waals surface area contributed by atoms with Crippen LogP contribution in [0.15, 0.2) is 18.3 Å². The Balaban J connectivity index is 1.57. The summed E-state index contributed by atoms with van der Waals surface area (Å²) in [6.45, 7) is 4.22. The van der Waals surface area contributed by atoms with Gasteiger partial charge < -0.3 is 10.6 Å². The number of pyridine rings is 1. The molecular formula is C18H29N3. The van der Waals surface area contributed by atoms with Crippen LogP contribution < -0.4 is 10.6 Å². The molecule has 0 spiro atoms. The van der Waals surface area contributed by atoms with Crippen LogP contribution in [0.4, 0.5) is 0 Å². The minimum atomic E-state index is 0.677. The SMILES string of the molecule is Cc1ccc(CNC2CCCCC2C2CCCCN2)cn1. The molecule has 1 aromatic heterocycles. The molecule has 1 aliphatic carbocycles. The van der Waals surface area contributed by atoms with E-state index >= 15 is 0 Å². The van der Waals surface area contributed by atoms with Crippen LogP contribution in [-0.4, -0.2) is 23.6 Å². The minimum Gasteiger partial charge on any atom is -0.314 e. The summed E-state index contributed by atoms with van der Waals surface area (Å²) in [7, 11) is 0. The van der Waals surface area contributed by atoms with Gasteiger partial charge in [-0.15, -0.1) is 0 Å². The van der Waals surface area contributed by atoms with Crippen LogP contribution in [0.25, 0.3) is 0 Å². The lowest BCUT2D eigenvalue weighted by Crippen LogP contribution is -2.50. The van der Waals surface area contributed by atoms with E-state index in [9.17, 15) is 0 Å². The highest BCUT2D eigenvalue weighted by molar-refractivity contribution is 5.13. The van der Waals surface area contributed by atoms with E-state index in [0.29, 0.717) is 6.04 Å². The summed E-state index contributed by atoms with van der Waals surface area (Å²) < 4.78 is 0. The molecule has 1 saturated carbocycles. The summed E-state index contributed by atoms with van der Waals surface area (Å²) in [6.07, 6.45) is 11.7. The summed E-state index contributed by atoms with van der Waals surface area (Å²) in [4.78, 5) is 4.40. The second-order valence-corrected chi connectivity index (χ2v) is 6.80. The fraction of sp³-hybridized carbons (Fsp3) is 0.722. The molecule has 116 valence electrons. The summed E-state index contributed by atoms with van der Waals surface area (Å²) in [5.74, 6) is 0.817. The van der Waals surface area contributed by atoms with Crippen molar-refractivity contribution >= 4 is 0 Å². The number of aromatic nitrogens is 1. The first-order valence-electron chi connectivity index (χ1n) is 8.71. The van der Waals surface area contributed by atoms with Crippen molar-refractivity contribution in [3.63, 3.8) is 0 Å². The van der Waals surface area contributed by atoms with Crippen molar-refractivity contribution < 1.29 is 0 Å². The van der Waals surface area contributed by atoms with Gasteiger partial charge in [-0.1, -0.05) is 25.3 Å². The fourth-order valence-electron chi connectivity index (χ4n) is 3.99. The number of hydrogen-bond donors (Lipinski definition) is 2. The Kier molecular flexibility index (Phi) is 5.26. The van der Waals surface area contributed by atoms with Crippen LogP contribution in [0, 0.1) is 12.8 Å². The molecule has 3 unspecified atom stereocenters. The van der Waals surface area contributed by atoms with Gasteiger partial charge in [0.05, 0.1) is 0 Å². The maximum atomic E-state index is 4.40. The third-order valence-corrected chi connectivity index (χ3v) is 5.23. The lowest BCUT2D eigenvalue weighted by Gasteiger charge is -2.40. The number of aryl methyl sites for hydroxylation is 1. The topological polar surface area (TPSA) is 37.0 Å². The highest BCUT2D eigenvalue weighted by Crippen LogP contribution is 2.30. The summed E-state index contributed by atoms with van der Waals surface area (Å²) in [5.41, 5.74) is 2.40. The molecule has 1 aromatic rings. The van der Waals surface area contributed by atoms with Gasteiger partial charge in [0.2, 0.25) is 0 Å². The Morgan fingerprint density at radius 2 is 2.00 bits per heavy atom. The van der Waals surface area contributed by atoms with E-state index < -0.39 is 0 Å². The van der Waals surface area contributed by atoms with E-state index in [4.69, 9.17) is 0 Å². The molecule has 21 heavy (non-hydrogen) atoms. The van der Waals surface area contributed by atoms with Crippen LogP contribution >= 0.6 is 0 Å². The highest BCUT2D eigenvalue weighted by atomic mass is 15.0. The predicted molar refractivity (Wildman–Crippen MR) is 87.2 cm³/mol. The van der Waals surface area contributed by atoms with Gasteiger partial charge in [-0.3, -0.25) is 4.98 Å². The van der Waals surface area contributed by atoms with Crippen LogP contribution in [0.5, 0.6) is 0 Å². The molecule has 0 amide bonds. The quantitative estimate of drug-likeness (QED) is 0.893. The van der Waals surface area contributed by atoms with Crippen LogP contribution in [0.2, 0.25) is 0 Å². The van der Waals surface area contributed by atoms with Gasteiger partial charge in [0.25, 0.3) is 0 Å². The first kappa shape index (κ1) is 15.0. The Bertz CT molecular complexity index is 423. The first-order chi connectivity index (χ1) is 10.3. The zero-order valence-corrected chi connectivity index (χ0v) is 13.3. The number of nitrogens with zero attached hydrogens (tertiary/aromatic N) is 1. The van der Waals surface area contributed by atoms with Gasteiger partial charge in [-0.25, -0.2) is 0 Å². The summed E-state index contributed by atoms with van der Waals surface area (Å²) in [5, 5.41) is 7.60. The molecule has 2 fully saturated rings. The zero-order chi connectivity index (χ0) is 14.5. The Hall–Kier alpha value is -0.930. The molecule has 3 nitrogen and oxygen atoms in total.